The number of hydrogen-bond acceptors (Lipinski definition) is 6. The van der Waals surface area contributed by atoms with E-state index in [1.165, 1.54) is 6.92 Å². The molecule has 0 aromatic heterocycles. The zero-order valence-electron chi connectivity index (χ0n) is 25.0. The Morgan fingerprint density at radius 2 is 1.41 bits per heavy atom. The molecule has 2 aromatic rings. The lowest BCUT2D eigenvalue weighted by Crippen LogP contribution is -2.52. The Kier molecular flexibility index (Phi) is 13.7. The molecule has 12 heteroatoms. The van der Waals surface area contributed by atoms with E-state index in [-0.39, 0.29) is 24.5 Å². The van der Waals surface area contributed by atoms with Crippen molar-refractivity contribution in [2.75, 3.05) is 0 Å². The van der Waals surface area contributed by atoms with Crippen LogP contribution in [0.1, 0.15) is 62.4 Å². The fourth-order valence-electron chi connectivity index (χ4n) is 4.64. The van der Waals surface area contributed by atoms with Crippen molar-refractivity contribution in [1.29, 1.82) is 0 Å². The van der Waals surface area contributed by atoms with E-state index in [1.54, 1.807) is 74.5 Å². The number of aliphatic hydroxyl groups is 1. The summed E-state index contributed by atoms with van der Waals surface area (Å²) >= 11 is 0. The molecule has 3 amide bonds. The van der Waals surface area contributed by atoms with Gasteiger partial charge in [0.25, 0.3) is 0 Å². The summed E-state index contributed by atoms with van der Waals surface area (Å²) in [5.74, 6) is -5.32. The Balaban J connectivity index is 2.20. The maximum Gasteiger partial charge on any atom is 0.416 e. The summed E-state index contributed by atoms with van der Waals surface area (Å²) in [6.07, 6.45) is -9.56. The number of benzene rings is 2. The van der Waals surface area contributed by atoms with E-state index in [1.807, 2.05) is 0 Å². The van der Waals surface area contributed by atoms with Gasteiger partial charge in [0.15, 0.2) is 17.7 Å². The number of Topliss-reactive ketones (excluding diaryl/α,β-unsaturated/α-hetero) is 2. The van der Waals surface area contributed by atoms with Crippen LogP contribution in [0, 0.1) is 17.8 Å². The van der Waals surface area contributed by atoms with Crippen molar-refractivity contribution in [2.24, 2.45) is 23.5 Å². The van der Waals surface area contributed by atoms with E-state index in [0.717, 1.165) is 0 Å². The molecule has 240 valence electrons. The minimum absolute atomic E-state index is 0.0746. The molecule has 5 atom stereocenters. The number of nitrogens with two attached hydrogens (primary N) is 1. The van der Waals surface area contributed by atoms with E-state index in [4.69, 9.17) is 5.73 Å². The van der Waals surface area contributed by atoms with Gasteiger partial charge in [-0.05, 0) is 24.3 Å². The number of rotatable bonds is 17. The molecule has 44 heavy (non-hydrogen) atoms. The Hall–Kier alpha value is -4.06. The molecule has 0 spiro atoms. The molecule has 2 unspecified atom stereocenters. The van der Waals surface area contributed by atoms with E-state index in [2.05, 4.69) is 10.6 Å². The van der Waals surface area contributed by atoms with Crippen LogP contribution >= 0.6 is 0 Å². The first-order valence-corrected chi connectivity index (χ1v) is 14.4. The maximum absolute atomic E-state index is 13.5. The SMILES string of the molecule is CC(C)[C@H](CC(=O)c1ccccc1)C(=O)N[C@@H](Cc1ccccc1)C(=O)C[C@@H](C)C(=O)NC(CCC(N)=O)C(O)C(F)(F)F. The van der Waals surface area contributed by atoms with Crippen molar-refractivity contribution < 1.29 is 42.3 Å². The fourth-order valence-corrected chi connectivity index (χ4v) is 4.64. The molecule has 0 bridgehead atoms. The number of hydrogen-bond donors (Lipinski definition) is 4. The molecule has 0 saturated heterocycles. The topological polar surface area (TPSA) is 156 Å². The highest BCUT2D eigenvalue weighted by molar-refractivity contribution is 5.99. The summed E-state index contributed by atoms with van der Waals surface area (Å²) in [6, 6.07) is 14.3. The molecule has 2 aromatic carbocycles. The Morgan fingerprint density at radius 3 is 1.93 bits per heavy atom. The van der Waals surface area contributed by atoms with Crippen LogP contribution in [0.25, 0.3) is 0 Å². The van der Waals surface area contributed by atoms with Gasteiger partial charge >= 0.3 is 6.18 Å². The highest BCUT2D eigenvalue weighted by atomic mass is 19.4. The second kappa shape index (κ2) is 16.7. The number of amides is 3. The summed E-state index contributed by atoms with van der Waals surface area (Å²) in [5.41, 5.74) is 6.19. The molecular weight excluding hydrogens is 579 g/mol. The summed E-state index contributed by atoms with van der Waals surface area (Å²) in [4.78, 5) is 63.8. The van der Waals surface area contributed by atoms with Crippen LogP contribution in [-0.2, 0) is 25.6 Å². The van der Waals surface area contributed by atoms with Gasteiger partial charge in [0.05, 0.1) is 12.1 Å². The highest BCUT2D eigenvalue weighted by Gasteiger charge is 2.44. The van der Waals surface area contributed by atoms with Gasteiger partial charge in [-0.2, -0.15) is 13.2 Å². The number of halogens is 3. The van der Waals surface area contributed by atoms with Crippen LogP contribution in [0.15, 0.2) is 60.7 Å². The third kappa shape index (κ3) is 11.6. The summed E-state index contributed by atoms with van der Waals surface area (Å²) in [5, 5.41) is 14.6. The standard InChI is InChI=1S/C32H40F3N3O6/c1-19(2)23(18-26(39)22-12-8-5-9-13-22)31(44)38-25(17-21-10-6-4-7-11-21)27(40)16-20(3)30(43)37-24(14-15-28(36)41)29(42)32(33,34)35/h4-13,19-20,23-25,29,42H,14-18H2,1-3H3,(H2,36,41)(H,37,43)(H,38,44)/t20-,23+,24?,25+,29?/m1/s1. The number of nitrogens with one attached hydrogen (secondary N) is 2. The first kappa shape index (κ1) is 36.1. The molecule has 2 rings (SSSR count). The van der Waals surface area contributed by atoms with Crippen LogP contribution in [0.2, 0.25) is 0 Å². The third-order valence-corrected chi connectivity index (χ3v) is 7.33. The maximum atomic E-state index is 13.5. The van der Waals surface area contributed by atoms with Gasteiger partial charge < -0.3 is 21.5 Å². The summed E-state index contributed by atoms with van der Waals surface area (Å²) in [6.45, 7) is 4.90. The Bertz CT molecular complexity index is 1270. The van der Waals surface area contributed by atoms with Gasteiger partial charge in [-0.3, -0.25) is 24.0 Å². The Morgan fingerprint density at radius 1 is 0.841 bits per heavy atom. The van der Waals surface area contributed by atoms with Gasteiger partial charge in [-0.1, -0.05) is 81.4 Å². The van der Waals surface area contributed by atoms with Crippen LogP contribution < -0.4 is 16.4 Å². The molecule has 0 heterocycles. The van der Waals surface area contributed by atoms with Crippen molar-refractivity contribution in [3.05, 3.63) is 71.8 Å². The van der Waals surface area contributed by atoms with Gasteiger partial charge in [-0.25, -0.2) is 0 Å². The molecule has 0 saturated carbocycles. The first-order valence-electron chi connectivity index (χ1n) is 14.4. The third-order valence-electron chi connectivity index (χ3n) is 7.33. The second-order valence-electron chi connectivity index (χ2n) is 11.3. The quantitative estimate of drug-likeness (QED) is 0.199. The molecule has 0 aliphatic rings. The minimum Gasteiger partial charge on any atom is -0.382 e. The second-order valence-corrected chi connectivity index (χ2v) is 11.3. The molecule has 0 radical (unpaired) electrons. The fraction of sp³-hybridized carbons (Fsp3) is 0.469. The predicted octanol–water partition coefficient (Wildman–Crippen LogP) is 3.53. The van der Waals surface area contributed by atoms with Crippen molar-refractivity contribution in [3.63, 3.8) is 0 Å². The van der Waals surface area contributed by atoms with Crippen molar-refractivity contribution in [1.82, 2.24) is 10.6 Å². The lowest BCUT2D eigenvalue weighted by molar-refractivity contribution is -0.213. The van der Waals surface area contributed by atoms with E-state index in [9.17, 15) is 42.3 Å². The molecule has 5 N–H and O–H groups in total. The predicted molar refractivity (Wildman–Crippen MR) is 157 cm³/mol. The van der Waals surface area contributed by atoms with Crippen LogP contribution in [0.3, 0.4) is 0 Å². The molecule has 0 fully saturated rings. The average Bonchev–Trinajstić information content (AvgIpc) is 2.97. The smallest absolute Gasteiger partial charge is 0.382 e. The Labute approximate surface area is 254 Å². The molecule has 0 aliphatic carbocycles. The number of alkyl halides is 3. The highest BCUT2D eigenvalue weighted by Crippen LogP contribution is 2.25. The lowest BCUT2D eigenvalue weighted by atomic mass is 9.87. The zero-order valence-corrected chi connectivity index (χ0v) is 25.0. The van der Waals surface area contributed by atoms with Gasteiger partial charge in [0.2, 0.25) is 17.7 Å². The van der Waals surface area contributed by atoms with E-state index >= 15 is 0 Å². The summed E-state index contributed by atoms with van der Waals surface area (Å²) < 4.78 is 39.6. The molecular formula is C32H40F3N3O6. The zero-order chi connectivity index (χ0) is 33.0. The normalized spacial score (nSPS) is 15.0. The van der Waals surface area contributed by atoms with Crippen molar-refractivity contribution in [2.45, 2.75) is 77.2 Å². The number of carbonyl (C=O) groups is 5. The molecule has 9 nitrogen and oxygen atoms in total. The minimum atomic E-state index is -5.07. The van der Waals surface area contributed by atoms with E-state index < -0.39 is 79.0 Å². The number of ketones is 2. The van der Waals surface area contributed by atoms with Gasteiger partial charge in [0, 0.05) is 36.7 Å². The summed E-state index contributed by atoms with van der Waals surface area (Å²) in [7, 11) is 0. The van der Waals surface area contributed by atoms with E-state index in [0.29, 0.717) is 11.1 Å². The lowest BCUT2D eigenvalue weighted by Gasteiger charge is -2.27. The number of carbonyl (C=O) groups excluding carboxylic acids is 5. The number of primary amides is 1. The largest absolute Gasteiger partial charge is 0.416 e. The average molecular weight is 620 g/mol. The van der Waals surface area contributed by atoms with Crippen molar-refractivity contribution in [3.8, 4) is 0 Å². The van der Waals surface area contributed by atoms with Crippen LogP contribution in [0.4, 0.5) is 13.2 Å². The number of aliphatic hydroxyl groups excluding tert-OH is 1. The van der Waals surface area contributed by atoms with Crippen molar-refractivity contribution >= 4 is 29.3 Å². The monoisotopic (exact) mass is 619 g/mol. The van der Waals surface area contributed by atoms with Gasteiger partial charge in [0.1, 0.15) is 0 Å². The first-order chi connectivity index (χ1) is 20.6. The van der Waals surface area contributed by atoms with Gasteiger partial charge in [-0.15, -0.1) is 0 Å². The van der Waals surface area contributed by atoms with Crippen LogP contribution in [-0.4, -0.2) is 58.8 Å². The van der Waals surface area contributed by atoms with Crippen LogP contribution in [0.5, 0.6) is 0 Å². The molecule has 0 aliphatic heterocycles.